The third-order valence-corrected chi connectivity index (χ3v) is 3.86. The van der Waals surface area contributed by atoms with Gasteiger partial charge in [0.1, 0.15) is 0 Å². The summed E-state index contributed by atoms with van der Waals surface area (Å²) in [7, 11) is 0. The number of nitrogens with one attached hydrogen (secondary N) is 1. The third-order valence-electron chi connectivity index (χ3n) is 2.85. The van der Waals surface area contributed by atoms with E-state index < -0.39 is 4.92 Å². The Labute approximate surface area is 137 Å². The molecule has 2 aromatic rings. The molecule has 1 N–H and O–H groups in total. The Morgan fingerprint density at radius 2 is 1.87 bits per heavy atom. The Hall–Kier alpha value is -2.67. The average molecular weight is 329 g/mol. The van der Waals surface area contributed by atoms with Crippen molar-refractivity contribution < 1.29 is 9.72 Å². The number of rotatable bonds is 7. The van der Waals surface area contributed by atoms with E-state index in [4.69, 9.17) is 0 Å². The first-order valence-electron chi connectivity index (χ1n) is 6.83. The molecular formula is C16H15N3O3S. The smallest absolute Gasteiger partial charge is 0.269 e. The highest BCUT2D eigenvalue weighted by Crippen LogP contribution is 2.11. The van der Waals surface area contributed by atoms with E-state index in [0.717, 1.165) is 5.75 Å². The van der Waals surface area contributed by atoms with Crippen LogP contribution in [-0.2, 0) is 10.5 Å². The van der Waals surface area contributed by atoms with Crippen LogP contribution in [0.15, 0.2) is 59.7 Å². The third kappa shape index (κ3) is 5.91. The zero-order valence-electron chi connectivity index (χ0n) is 12.2. The molecule has 0 unspecified atom stereocenters. The molecule has 118 valence electrons. The summed E-state index contributed by atoms with van der Waals surface area (Å²) >= 11 is 1.50. The summed E-state index contributed by atoms with van der Waals surface area (Å²) in [6, 6.07) is 15.8. The van der Waals surface area contributed by atoms with Gasteiger partial charge in [0.25, 0.3) is 5.69 Å². The number of non-ortho nitro benzene ring substituents is 1. The summed E-state index contributed by atoms with van der Waals surface area (Å²) in [6.07, 6.45) is 1.45. The predicted molar refractivity (Wildman–Crippen MR) is 91.4 cm³/mol. The zero-order chi connectivity index (χ0) is 16.5. The van der Waals surface area contributed by atoms with Gasteiger partial charge in [0, 0.05) is 17.9 Å². The van der Waals surface area contributed by atoms with Crippen molar-refractivity contribution >= 4 is 29.6 Å². The van der Waals surface area contributed by atoms with Crippen molar-refractivity contribution in [3.05, 3.63) is 75.8 Å². The fourth-order valence-corrected chi connectivity index (χ4v) is 2.51. The van der Waals surface area contributed by atoms with Gasteiger partial charge in [0.05, 0.1) is 16.9 Å². The van der Waals surface area contributed by atoms with Crippen LogP contribution in [0.2, 0.25) is 0 Å². The Balaban J connectivity index is 1.72. The molecule has 0 spiro atoms. The molecule has 0 saturated carbocycles. The number of amides is 1. The first kappa shape index (κ1) is 16.7. The van der Waals surface area contributed by atoms with E-state index in [0.29, 0.717) is 11.3 Å². The Morgan fingerprint density at radius 3 is 2.52 bits per heavy atom. The summed E-state index contributed by atoms with van der Waals surface area (Å²) in [5.74, 6) is 0.886. The van der Waals surface area contributed by atoms with E-state index in [1.165, 1.54) is 35.7 Å². The molecule has 2 aromatic carbocycles. The van der Waals surface area contributed by atoms with Crippen LogP contribution in [-0.4, -0.2) is 22.8 Å². The van der Waals surface area contributed by atoms with E-state index in [9.17, 15) is 14.9 Å². The van der Waals surface area contributed by atoms with Crippen molar-refractivity contribution in [3.63, 3.8) is 0 Å². The summed E-state index contributed by atoms with van der Waals surface area (Å²) < 4.78 is 0. The maximum absolute atomic E-state index is 11.6. The first-order chi connectivity index (χ1) is 11.1. The molecule has 0 aliphatic heterocycles. The van der Waals surface area contributed by atoms with Crippen molar-refractivity contribution in [2.24, 2.45) is 5.10 Å². The minimum atomic E-state index is -0.466. The lowest BCUT2D eigenvalue weighted by Gasteiger charge is -2.01. The van der Waals surface area contributed by atoms with Gasteiger partial charge in [-0.25, -0.2) is 5.43 Å². The number of nitrogens with zero attached hydrogens (tertiary/aromatic N) is 2. The minimum Gasteiger partial charge on any atom is -0.272 e. The van der Waals surface area contributed by atoms with Crippen LogP contribution in [0.4, 0.5) is 5.69 Å². The van der Waals surface area contributed by atoms with Crippen LogP contribution in [0.25, 0.3) is 0 Å². The number of carbonyl (C=O) groups is 1. The molecule has 0 atom stereocenters. The Morgan fingerprint density at radius 1 is 1.17 bits per heavy atom. The lowest BCUT2D eigenvalue weighted by atomic mass is 10.2. The molecular weight excluding hydrogens is 314 g/mol. The lowest BCUT2D eigenvalue weighted by Crippen LogP contribution is -2.19. The fourth-order valence-electron chi connectivity index (χ4n) is 1.73. The number of hydrogen-bond donors (Lipinski definition) is 1. The predicted octanol–water partition coefficient (Wildman–Crippen LogP) is 2.98. The molecule has 0 radical (unpaired) electrons. The second kappa shape index (κ2) is 8.70. The topological polar surface area (TPSA) is 84.6 Å². The van der Waals surface area contributed by atoms with Crippen LogP contribution < -0.4 is 5.43 Å². The van der Waals surface area contributed by atoms with Crippen molar-refractivity contribution in [1.29, 1.82) is 0 Å². The molecule has 7 heteroatoms. The quantitative estimate of drug-likeness (QED) is 0.481. The van der Waals surface area contributed by atoms with Crippen LogP contribution in [0, 0.1) is 10.1 Å². The van der Waals surface area contributed by atoms with Crippen molar-refractivity contribution in [2.75, 3.05) is 5.75 Å². The molecule has 0 saturated heterocycles. The molecule has 2 rings (SSSR count). The van der Waals surface area contributed by atoms with Gasteiger partial charge in [0.15, 0.2) is 0 Å². The van der Waals surface area contributed by atoms with Crippen LogP contribution in [0.3, 0.4) is 0 Å². The minimum absolute atomic E-state index is 0.0171. The molecule has 0 aliphatic rings. The molecule has 0 fully saturated rings. The maximum atomic E-state index is 11.6. The summed E-state index contributed by atoms with van der Waals surface area (Å²) in [6.45, 7) is 0. The largest absolute Gasteiger partial charge is 0.272 e. The highest BCUT2D eigenvalue weighted by Gasteiger charge is 2.03. The molecule has 0 heterocycles. The molecule has 23 heavy (non-hydrogen) atoms. The number of hydrazone groups is 1. The molecule has 6 nitrogen and oxygen atoms in total. The van der Waals surface area contributed by atoms with Crippen LogP contribution >= 0.6 is 11.8 Å². The molecule has 0 bridgehead atoms. The number of nitro benzene ring substituents is 1. The summed E-state index contributed by atoms with van der Waals surface area (Å²) in [5, 5.41) is 14.4. The number of hydrogen-bond acceptors (Lipinski definition) is 5. The van der Waals surface area contributed by atoms with E-state index in [1.54, 1.807) is 12.1 Å². The van der Waals surface area contributed by atoms with Crippen molar-refractivity contribution in [2.45, 2.75) is 5.75 Å². The van der Waals surface area contributed by atoms with Gasteiger partial charge in [-0.05, 0) is 23.3 Å². The van der Waals surface area contributed by atoms with E-state index in [-0.39, 0.29) is 11.6 Å². The van der Waals surface area contributed by atoms with Crippen molar-refractivity contribution in [3.8, 4) is 0 Å². The van der Waals surface area contributed by atoms with Gasteiger partial charge in [-0.15, -0.1) is 11.8 Å². The van der Waals surface area contributed by atoms with Gasteiger partial charge < -0.3 is 0 Å². The highest BCUT2D eigenvalue weighted by molar-refractivity contribution is 7.99. The van der Waals surface area contributed by atoms with Gasteiger partial charge in [-0.3, -0.25) is 14.9 Å². The average Bonchev–Trinajstić information content (AvgIpc) is 2.56. The Kier molecular flexibility index (Phi) is 6.31. The monoisotopic (exact) mass is 329 g/mol. The van der Waals surface area contributed by atoms with Crippen LogP contribution in [0.1, 0.15) is 11.1 Å². The van der Waals surface area contributed by atoms with E-state index >= 15 is 0 Å². The van der Waals surface area contributed by atoms with E-state index in [1.807, 2.05) is 30.3 Å². The number of thioether (sulfide) groups is 1. The van der Waals surface area contributed by atoms with Gasteiger partial charge in [-0.2, -0.15) is 5.10 Å². The number of nitro groups is 1. The normalized spacial score (nSPS) is 10.6. The second-order valence-corrected chi connectivity index (χ2v) is 5.61. The molecule has 0 aromatic heterocycles. The van der Waals surface area contributed by atoms with Gasteiger partial charge in [0.2, 0.25) is 5.91 Å². The standard InChI is InChI=1S/C16H15N3O3S/c20-16(12-23-11-14-4-2-1-3-5-14)18-17-10-13-6-8-15(9-7-13)19(21)22/h1-10H,11-12H2,(H,18,20)/b17-10-. The number of benzene rings is 2. The fraction of sp³-hybridized carbons (Fsp3) is 0.125. The maximum Gasteiger partial charge on any atom is 0.269 e. The van der Waals surface area contributed by atoms with Gasteiger partial charge >= 0.3 is 0 Å². The number of carbonyl (C=O) groups excluding carboxylic acids is 1. The van der Waals surface area contributed by atoms with E-state index in [2.05, 4.69) is 10.5 Å². The van der Waals surface area contributed by atoms with Crippen molar-refractivity contribution in [1.82, 2.24) is 5.43 Å². The Bertz CT molecular complexity index is 687. The molecule has 0 aliphatic carbocycles. The highest BCUT2D eigenvalue weighted by atomic mass is 32.2. The van der Waals surface area contributed by atoms with Gasteiger partial charge in [-0.1, -0.05) is 30.3 Å². The zero-order valence-corrected chi connectivity index (χ0v) is 13.0. The SMILES string of the molecule is O=C(CSCc1ccccc1)N/N=C\c1ccc([N+](=O)[O-])cc1. The first-order valence-corrected chi connectivity index (χ1v) is 7.98. The summed E-state index contributed by atoms with van der Waals surface area (Å²) in [5.41, 5.74) is 4.29. The second-order valence-electron chi connectivity index (χ2n) is 4.62. The lowest BCUT2D eigenvalue weighted by molar-refractivity contribution is -0.384. The molecule has 1 amide bonds. The summed E-state index contributed by atoms with van der Waals surface area (Å²) in [4.78, 5) is 21.7. The van der Waals surface area contributed by atoms with Crippen LogP contribution in [0.5, 0.6) is 0 Å².